The Balaban J connectivity index is 2.70. The van der Waals surface area contributed by atoms with Gasteiger partial charge in [-0.05, 0) is 92.7 Å². The molecule has 0 saturated carbocycles. The van der Waals surface area contributed by atoms with Crippen molar-refractivity contribution >= 4 is 0 Å². The Hall–Kier alpha value is -1.67. The number of halogens is 1. The summed E-state index contributed by atoms with van der Waals surface area (Å²) in [6, 6.07) is 5.43. The summed E-state index contributed by atoms with van der Waals surface area (Å²) in [6.45, 7) is 11.4. The topological polar surface area (TPSA) is 12.0 Å². The molecule has 0 amide bonds. The lowest BCUT2D eigenvalue weighted by Gasteiger charge is -2.19. The van der Waals surface area contributed by atoms with Gasteiger partial charge in [0.2, 0.25) is 0 Å². The van der Waals surface area contributed by atoms with Crippen LogP contribution in [0.4, 0.5) is 4.39 Å². The third-order valence-corrected chi connectivity index (χ3v) is 4.70. The van der Waals surface area contributed by atoms with E-state index in [0.29, 0.717) is 12.1 Å². The van der Waals surface area contributed by atoms with Crippen molar-refractivity contribution in [2.45, 2.75) is 41.2 Å². The number of hydrogen-bond acceptors (Lipinski definition) is 1. The number of rotatable bonds is 3. The largest absolute Gasteiger partial charge is 0.316 e. The van der Waals surface area contributed by atoms with Crippen LogP contribution >= 0.6 is 0 Å². The van der Waals surface area contributed by atoms with Crippen LogP contribution in [0.25, 0.3) is 11.1 Å². The number of benzene rings is 2. The Bertz CT molecular complexity index is 657. The Morgan fingerprint density at radius 2 is 1.38 bits per heavy atom. The minimum absolute atomic E-state index is 0.149. The van der Waals surface area contributed by atoms with Gasteiger partial charge in [0.15, 0.2) is 0 Å². The molecule has 0 spiro atoms. The van der Waals surface area contributed by atoms with Crippen molar-refractivity contribution in [2.24, 2.45) is 0 Å². The van der Waals surface area contributed by atoms with E-state index < -0.39 is 0 Å². The minimum Gasteiger partial charge on any atom is -0.316 e. The highest BCUT2D eigenvalue weighted by molar-refractivity contribution is 5.75. The standard InChI is InChI=1S/C19H24FN/c1-11-12(2)14(4)19(15(5)13(11)3)16-7-8-18(20)17(9-16)10-21-6/h7-9,21H,10H2,1-6H3. The molecule has 2 heteroatoms. The summed E-state index contributed by atoms with van der Waals surface area (Å²) in [7, 11) is 1.84. The SMILES string of the molecule is CNCc1cc(-c2c(C)c(C)c(C)c(C)c2C)ccc1F. The van der Waals surface area contributed by atoms with Gasteiger partial charge in [0.25, 0.3) is 0 Å². The summed E-state index contributed by atoms with van der Waals surface area (Å²) >= 11 is 0. The predicted octanol–water partition coefficient (Wildman–Crippen LogP) is 4.75. The molecule has 2 rings (SSSR count). The van der Waals surface area contributed by atoms with Gasteiger partial charge in [0, 0.05) is 12.1 Å². The maximum Gasteiger partial charge on any atom is 0.127 e. The maximum absolute atomic E-state index is 13.9. The van der Waals surface area contributed by atoms with Gasteiger partial charge < -0.3 is 5.32 Å². The maximum atomic E-state index is 13.9. The molecule has 112 valence electrons. The van der Waals surface area contributed by atoms with Crippen molar-refractivity contribution in [1.82, 2.24) is 5.32 Å². The van der Waals surface area contributed by atoms with Gasteiger partial charge in [-0.3, -0.25) is 0 Å². The van der Waals surface area contributed by atoms with E-state index in [-0.39, 0.29) is 5.82 Å². The molecule has 21 heavy (non-hydrogen) atoms. The third kappa shape index (κ3) is 2.73. The van der Waals surface area contributed by atoms with Crippen LogP contribution in [0.2, 0.25) is 0 Å². The molecule has 0 fully saturated rings. The van der Waals surface area contributed by atoms with Gasteiger partial charge >= 0.3 is 0 Å². The van der Waals surface area contributed by atoms with Gasteiger partial charge in [0.1, 0.15) is 5.82 Å². The average molecular weight is 285 g/mol. The van der Waals surface area contributed by atoms with E-state index in [1.54, 1.807) is 6.07 Å². The molecule has 2 aromatic carbocycles. The molecule has 0 aliphatic rings. The molecular weight excluding hydrogens is 261 g/mol. The molecule has 1 N–H and O–H groups in total. The first-order valence-electron chi connectivity index (χ1n) is 7.38. The summed E-state index contributed by atoms with van der Waals surface area (Å²) < 4.78 is 13.9. The number of nitrogens with one attached hydrogen (secondary N) is 1. The fourth-order valence-corrected chi connectivity index (χ4v) is 2.99. The second-order valence-electron chi connectivity index (χ2n) is 5.84. The van der Waals surface area contributed by atoms with E-state index in [4.69, 9.17) is 0 Å². The molecular formula is C19H24FN. The number of hydrogen-bond donors (Lipinski definition) is 1. The van der Waals surface area contributed by atoms with Crippen LogP contribution in [-0.4, -0.2) is 7.05 Å². The van der Waals surface area contributed by atoms with Crippen LogP contribution in [0.15, 0.2) is 18.2 Å². The second-order valence-corrected chi connectivity index (χ2v) is 5.84. The molecule has 0 atom stereocenters. The van der Waals surface area contributed by atoms with Gasteiger partial charge in [-0.1, -0.05) is 6.07 Å². The zero-order valence-electron chi connectivity index (χ0n) is 13.8. The Morgan fingerprint density at radius 3 is 1.90 bits per heavy atom. The van der Waals surface area contributed by atoms with Crippen molar-refractivity contribution in [3.8, 4) is 11.1 Å². The zero-order chi connectivity index (χ0) is 15.7. The molecule has 0 saturated heterocycles. The van der Waals surface area contributed by atoms with Crippen LogP contribution in [0, 0.1) is 40.4 Å². The van der Waals surface area contributed by atoms with E-state index in [9.17, 15) is 4.39 Å². The summed E-state index contributed by atoms with van der Waals surface area (Å²) in [5.74, 6) is -0.149. The summed E-state index contributed by atoms with van der Waals surface area (Å²) in [5, 5.41) is 3.02. The molecule has 0 aliphatic heterocycles. The summed E-state index contributed by atoms with van der Waals surface area (Å²) in [4.78, 5) is 0. The first kappa shape index (κ1) is 15.7. The van der Waals surface area contributed by atoms with E-state index >= 15 is 0 Å². The van der Waals surface area contributed by atoms with Crippen molar-refractivity contribution in [2.75, 3.05) is 7.05 Å². The normalized spacial score (nSPS) is 11.0. The lowest BCUT2D eigenvalue weighted by atomic mass is 9.86. The Kier molecular flexibility index (Phi) is 4.48. The van der Waals surface area contributed by atoms with E-state index in [0.717, 1.165) is 5.56 Å². The third-order valence-electron chi connectivity index (χ3n) is 4.70. The highest BCUT2D eigenvalue weighted by Gasteiger charge is 2.15. The van der Waals surface area contributed by atoms with Gasteiger partial charge in [0.05, 0.1) is 0 Å². The minimum atomic E-state index is -0.149. The van der Waals surface area contributed by atoms with E-state index in [1.165, 1.54) is 33.4 Å². The molecule has 0 radical (unpaired) electrons. The zero-order valence-corrected chi connectivity index (χ0v) is 13.8. The first-order chi connectivity index (χ1) is 9.88. The van der Waals surface area contributed by atoms with Crippen LogP contribution in [-0.2, 0) is 6.54 Å². The van der Waals surface area contributed by atoms with Crippen molar-refractivity contribution in [1.29, 1.82) is 0 Å². The van der Waals surface area contributed by atoms with Gasteiger partial charge in [-0.2, -0.15) is 0 Å². The lowest BCUT2D eigenvalue weighted by molar-refractivity contribution is 0.601. The molecule has 0 aromatic heterocycles. The van der Waals surface area contributed by atoms with Crippen LogP contribution in [0.3, 0.4) is 0 Å². The monoisotopic (exact) mass is 285 g/mol. The fraction of sp³-hybridized carbons (Fsp3) is 0.368. The lowest BCUT2D eigenvalue weighted by Crippen LogP contribution is -2.07. The summed E-state index contributed by atoms with van der Waals surface area (Å²) in [6.07, 6.45) is 0. The first-order valence-corrected chi connectivity index (χ1v) is 7.38. The predicted molar refractivity (Wildman–Crippen MR) is 88.3 cm³/mol. The second kappa shape index (κ2) is 5.98. The molecule has 1 nitrogen and oxygen atoms in total. The van der Waals surface area contributed by atoms with E-state index in [1.807, 2.05) is 19.2 Å². The highest BCUT2D eigenvalue weighted by Crippen LogP contribution is 2.34. The van der Waals surface area contributed by atoms with Gasteiger partial charge in [-0.15, -0.1) is 0 Å². The molecule has 0 unspecified atom stereocenters. The fourth-order valence-electron chi connectivity index (χ4n) is 2.99. The highest BCUT2D eigenvalue weighted by atomic mass is 19.1. The van der Waals surface area contributed by atoms with Crippen LogP contribution < -0.4 is 5.32 Å². The quantitative estimate of drug-likeness (QED) is 0.857. The van der Waals surface area contributed by atoms with Crippen molar-refractivity contribution in [3.05, 3.63) is 57.4 Å². The molecule has 0 bridgehead atoms. The van der Waals surface area contributed by atoms with Gasteiger partial charge in [-0.25, -0.2) is 4.39 Å². The average Bonchev–Trinajstić information content (AvgIpc) is 2.47. The Morgan fingerprint density at radius 1 is 0.857 bits per heavy atom. The molecule has 0 heterocycles. The molecule has 2 aromatic rings. The van der Waals surface area contributed by atoms with Crippen molar-refractivity contribution < 1.29 is 4.39 Å². The van der Waals surface area contributed by atoms with Crippen LogP contribution in [0.1, 0.15) is 33.4 Å². The summed E-state index contributed by atoms with van der Waals surface area (Å²) in [5.41, 5.74) is 9.64. The smallest absolute Gasteiger partial charge is 0.127 e. The van der Waals surface area contributed by atoms with Crippen molar-refractivity contribution in [3.63, 3.8) is 0 Å². The Labute approximate surface area is 127 Å². The molecule has 0 aliphatic carbocycles. The van der Waals surface area contributed by atoms with Crippen LogP contribution in [0.5, 0.6) is 0 Å². The van der Waals surface area contributed by atoms with E-state index in [2.05, 4.69) is 39.9 Å².